The van der Waals surface area contributed by atoms with Crippen LogP contribution in [0.25, 0.3) is 0 Å². The smallest absolute Gasteiger partial charge is 0.208 e. The summed E-state index contributed by atoms with van der Waals surface area (Å²) in [6, 6.07) is 11.0. The molecule has 0 saturated carbocycles. The largest absolute Gasteiger partial charge is 0.491 e. The van der Waals surface area contributed by atoms with Crippen LogP contribution in [-0.2, 0) is 15.4 Å². The molecule has 32 heavy (non-hydrogen) atoms. The Balaban J connectivity index is 2.09. The molecule has 6 nitrogen and oxygen atoms in total. The Hall–Kier alpha value is -1.48. The Bertz CT molecular complexity index is 1020. The van der Waals surface area contributed by atoms with Crippen LogP contribution in [0.3, 0.4) is 0 Å². The van der Waals surface area contributed by atoms with Gasteiger partial charge in [0.2, 0.25) is 10.0 Å². The molecule has 0 radical (unpaired) electrons. The monoisotopic (exact) mass is 521 g/mol. The van der Waals surface area contributed by atoms with E-state index in [-0.39, 0.29) is 19.8 Å². The van der Waals surface area contributed by atoms with Gasteiger partial charge in [0, 0.05) is 17.5 Å². The minimum absolute atomic E-state index is 0.0448. The van der Waals surface area contributed by atoms with Crippen LogP contribution < -0.4 is 14.2 Å². The summed E-state index contributed by atoms with van der Waals surface area (Å²) < 4.78 is 35.5. The first-order valence-corrected chi connectivity index (χ1v) is 12.8. The number of ether oxygens (including phenoxy) is 2. The second-order valence-electron chi connectivity index (χ2n) is 7.68. The predicted molar refractivity (Wildman–Crippen MR) is 130 cm³/mol. The zero-order valence-electron chi connectivity index (χ0n) is 17.9. The van der Waals surface area contributed by atoms with Crippen LogP contribution in [0.1, 0.15) is 25.0 Å². The highest BCUT2D eigenvalue weighted by Gasteiger charge is 2.25. The zero-order valence-corrected chi connectivity index (χ0v) is 21.0. The highest BCUT2D eigenvalue weighted by molar-refractivity contribution is 7.88. The number of rotatable bonds is 11. The molecule has 0 fully saturated rings. The van der Waals surface area contributed by atoms with E-state index < -0.39 is 21.5 Å². The van der Waals surface area contributed by atoms with Crippen molar-refractivity contribution in [3.05, 3.63) is 69.2 Å². The molecule has 0 bridgehead atoms. The van der Waals surface area contributed by atoms with Gasteiger partial charge in [-0.15, -0.1) is 0 Å². The third-order valence-corrected chi connectivity index (χ3v) is 6.16. The fraction of sp³-hybridized carbons (Fsp3) is 0.364. The maximum atomic E-state index is 11.1. The third-order valence-electron chi connectivity index (χ3n) is 4.73. The molecule has 10 heteroatoms. The lowest BCUT2D eigenvalue weighted by molar-refractivity contribution is 0.111. The fourth-order valence-electron chi connectivity index (χ4n) is 2.86. The van der Waals surface area contributed by atoms with E-state index in [1.165, 1.54) is 5.54 Å². The molecule has 2 N–H and O–H groups in total. The van der Waals surface area contributed by atoms with Gasteiger partial charge in [-0.1, -0.05) is 60.8 Å². The molecule has 0 spiro atoms. The summed E-state index contributed by atoms with van der Waals surface area (Å²) in [6.45, 7) is 4.18. The number of halogens is 3. The first-order valence-electron chi connectivity index (χ1n) is 9.67. The van der Waals surface area contributed by atoms with Crippen molar-refractivity contribution in [2.75, 3.05) is 26.0 Å². The van der Waals surface area contributed by atoms with Crippen molar-refractivity contribution in [2.45, 2.75) is 25.4 Å². The highest BCUT2D eigenvalue weighted by atomic mass is 35.5. The number of hydrogen-bond donors (Lipinski definition) is 2. The summed E-state index contributed by atoms with van der Waals surface area (Å²) in [5.74, 6) is 0.949. The van der Waals surface area contributed by atoms with Gasteiger partial charge in [-0.25, -0.2) is 13.1 Å². The summed E-state index contributed by atoms with van der Waals surface area (Å²) in [5, 5.41) is 10.7. The molecule has 2 aromatic rings. The van der Waals surface area contributed by atoms with E-state index in [0.29, 0.717) is 21.5 Å². The SMILES string of the molecule is CC(C)(c1ccc(OCC(O)CNS(C)(=O)=O)cc1)c1cc(Cl)c(OC/C=C/Cl)c(Cl)c1. The fourth-order valence-corrected chi connectivity index (χ4v) is 4.02. The topological polar surface area (TPSA) is 84.9 Å². The Morgan fingerprint density at radius 3 is 2.22 bits per heavy atom. The van der Waals surface area contributed by atoms with Gasteiger partial charge in [0.1, 0.15) is 25.1 Å². The first kappa shape index (κ1) is 26.8. The number of hydrogen-bond acceptors (Lipinski definition) is 5. The van der Waals surface area contributed by atoms with Crippen molar-refractivity contribution in [3.8, 4) is 11.5 Å². The van der Waals surface area contributed by atoms with E-state index in [4.69, 9.17) is 44.3 Å². The summed E-state index contributed by atoms with van der Waals surface area (Å²) in [5.41, 5.74) is 2.85. The summed E-state index contributed by atoms with van der Waals surface area (Å²) in [7, 11) is -3.37. The molecule has 0 aliphatic rings. The second-order valence-corrected chi connectivity index (χ2v) is 10.6. The van der Waals surface area contributed by atoms with Crippen LogP contribution >= 0.6 is 34.8 Å². The highest BCUT2D eigenvalue weighted by Crippen LogP contribution is 2.40. The normalized spacial score (nSPS) is 13.3. The Kier molecular flexibility index (Phi) is 9.69. The van der Waals surface area contributed by atoms with Crippen molar-refractivity contribution in [2.24, 2.45) is 0 Å². The van der Waals surface area contributed by atoms with Gasteiger partial charge in [-0.2, -0.15) is 0 Å². The molecular weight excluding hydrogens is 497 g/mol. The van der Waals surface area contributed by atoms with Gasteiger partial charge >= 0.3 is 0 Å². The quantitative estimate of drug-likeness (QED) is 0.445. The zero-order chi connectivity index (χ0) is 23.9. The van der Waals surface area contributed by atoms with Crippen molar-refractivity contribution >= 4 is 44.8 Å². The molecule has 0 saturated heterocycles. The molecule has 0 aromatic heterocycles. The minimum Gasteiger partial charge on any atom is -0.491 e. The molecule has 0 heterocycles. The van der Waals surface area contributed by atoms with Crippen molar-refractivity contribution < 1.29 is 23.0 Å². The predicted octanol–water partition coefficient (Wildman–Crippen LogP) is 4.74. The van der Waals surface area contributed by atoms with Crippen molar-refractivity contribution in [1.82, 2.24) is 4.72 Å². The van der Waals surface area contributed by atoms with E-state index in [1.54, 1.807) is 18.2 Å². The molecular formula is C22H26Cl3NO5S. The lowest BCUT2D eigenvalue weighted by Gasteiger charge is -2.27. The maximum absolute atomic E-state index is 11.1. The van der Waals surface area contributed by atoms with Crippen LogP contribution in [0.15, 0.2) is 48.0 Å². The molecule has 0 aliphatic heterocycles. The van der Waals surface area contributed by atoms with E-state index in [2.05, 4.69) is 4.72 Å². The van der Waals surface area contributed by atoms with Gasteiger partial charge < -0.3 is 14.6 Å². The number of aliphatic hydroxyl groups excluding tert-OH is 1. The average molecular weight is 523 g/mol. The van der Waals surface area contributed by atoms with E-state index in [1.807, 2.05) is 38.1 Å². The van der Waals surface area contributed by atoms with Crippen LogP contribution in [0.5, 0.6) is 11.5 Å². The van der Waals surface area contributed by atoms with Crippen molar-refractivity contribution in [3.63, 3.8) is 0 Å². The Morgan fingerprint density at radius 2 is 1.69 bits per heavy atom. The molecule has 1 unspecified atom stereocenters. The standard InChI is InChI=1S/C22H26Cl3NO5S/c1-22(2,16-11-19(24)21(20(25)12-16)30-10-4-9-23)15-5-7-18(8-6-15)31-14-17(27)13-26-32(3,28)29/h4-9,11-12,17,26-27H,10,13-14H2,1-3H3/b9-4+. The number of aliphatic hydroxyl groups is 1. The molecule has 1 atom stereocenters. The number of sulfonamides is 1. The van der Waals surface area contributed by atoms with Crippen LogP contribution in [0.4, 0.5) is 0 Å². The Morgan fingerprint density at radius 1 is 1.09 bits per heavy atom. The molecule has 2 rings (SSSR count). The molecule has 2 aromatic carbocycles. The molecule has 0 aliphatic carbocycles. The first-order chi connectivity index (χ1) is 14.9. The Labute approximate surface area is 204 Å². The van der Waals surface area contributed by atoms with Crippen molar-refractivity contribution in [1.29, 1.82) is 0 Å². The van der Waals surface area contributed by atoms with Gasteiger partial charge in [0.15, 0.2) is 5.75 Å². The van der Waals surface area contributed by atoms with Crippen LogP contribution in [0, 0.1) is 0 Å². The number of benzene rings is 2. The maximum Gasteiger partial charge on any atom is 0.208 e. The van der Waals surface area contributed by atoms with Gasteiger partial charge in [0.25, 0.3) is 0 Å². The average Bonchev–Trinajstić information content (AvgIpc) is 2.72. The summed E-state index contributed by atoms with van der Waals surface area (Å²) in [6.07, 6.45) is 1.70. The van der Waals surface area contributed by atoms with E-state index >= 15 is 0 Å². The second kappa shape index (κ2) is 11.6. The van der Waals surface area contributed by atoms with Gasteiger partial charge in [-0.05, 0) is 41.5 Å². The van der Waals surface area contributed by atoms with Gasteiger partial charge in [0.05, 0.1) is 16.3 Å². The van der Waals surface area contributed by atoms with Crippen LogP contribution in [0.2, 0.25) is 10.0 Å². The number of nitrogens with one attached hydrogen (secondary N) is 1. The third kappa shape index (κ3) is 7.83. The lowest BCUT2D eigenvalue weighted by atomic mass is 9.78. The van der Waals surface area contributed by atoms with E-state index in [9.17, 15) is 13.5 Å². The summed E-state index contributed by atoms with van der Waals surface area (Å²) >= 11 is 18.3. The van der Waals surface area contributed by atoms with E-state index in [0.717, 1.165) is 17.4 Å². The minimum atomic E-state index is -3.37. The van der Waals surface area contributed by atoms with Gasteiger partial charge in [-0.3, -0.25) is 0 Å². The van der Waals surface area contributed by atoms with Crippen LogP contribution in [-0.4, -0.2) is 45.6 Å². The molecule has 0 amide bonds. The molecule has 176 valence electrons. The summed E-state index contributed by atoms with van der Waals surface area (Å²) in [4.78, 5) is 0. The lowest BCUT2D eigenvalue weighted by Crippen LogP contribution is -2.34.